The van der Waals surface area contributed by atoms with Gasteiger partial charge in [-0.05, 0) is 80.0 Å². The summed E-state index contributed by atoms with van der Waals surface area (Å²) in [6, 6.07) is 0.513. The second-order valence-corrected chi connectivity index (χ2v) is 12.8. The molecule has 4 aromatic heterocycles. The van der Waals surface area contributed by atoms with Gasteiger partial charge in [-0.3, -0.25) is 9.69 Å². The van der Waals surface area contributed by atoms with Gasteiger partial charge in [-0.15, -0.1) is 11.3 Å². The first-order chi connectivity index (χ1) is 17.7. The third kappa shape index (κ3) is 3.83. The molecule has 0 unspecified atom stereocenters. The van der Waals surface area contributed by atoms with E-state index in [0.29, 0.717) is 30.3 Å². The van der Waals surface area contributed by atoms with Gasteiger partial charge in [0, 0.05) is 48.7 Å². The quantitative estimate of drug-likeness (QED) is 0.371. The molecule has 0 aromatic carbocycles. The van der Waals surface area contributed by atoms with Gasteiger partial charge in [0.2, 0.25) is 5.91 Å². The van der Waals surface area contributed by atoms with Crippen molar-refractivity contribution < 1.29 is 4.79 Å². The molecule has 2 bridgehead atoms. The topological polar surface area (TPSA) is 69.5 Å². The number of hydrogen-bond donors (Lipinski definition) is 1. The number of aryl methyl sites for hydroxylation is 2. The minimum Gasteiger partial charge on any atom is -0.348 e. The first-order valence-electron chi connectivity index (χ1n) is 13.5. The molecule has 3 atom stereocenters. The van der Waals surface area contributed by atoms with Crippen molar-refractivity contribution in [3.63, 3.8) is 0 Å². The Morgan fingerprint density at radius 2 is 1.97 bits per heavy atom. The monoisotopic (exact) mass is 518 g/mol. The standard InChI is InChI=1S/C29H38N6OS/c1-15(2)24-25-18(5)27(21-10-20-9-8-19(21)11-34(20)13-23(36)33(6)7)37-29(25)32-26(24)22-12-35-28(30-14-31-35)17(4)16(22)3/h12,14-15,19-21,32H,8-11,13H2,1-7H3/t19-,20-,21-/m0/s1. The highest BCUT2D eigenvalue weighted by atomic mass is 32.1. The molecule has 1 aliphatic carbocycles. The largest absolute Gasteiger partial charge is 0.348 e. The number of amides is 1. The maximum Gasteiger partial charge on any atom is 0.236 e. The molecule has 1 amide bonds. The summed E-state index contributed by atoms with van der Waals surface area (Å²) in [4.78, 5) is 27.7. The number of hydrogen-bond acceptors (Lipinski definition) is 5. The lowest BCUT2D eigenvalue weighted by atomic mass is 9.70. The van der Waals surface area contributed by atoms with Crippen molar-refractivity contribution >= 4 is 33.1 Å². The summed E-state index contributed by atoms with van der Waals surface area (Å²) in [6.07, 6.45) is 7.42. The van der Waals surface area contributed by atoms with E-state index < -0.39 is 0 Å². The van der Waals surface area contributed by atoms with Crippen LogP contribution in [0.2, 0.25) is 0 Å². The van der Waals surface area contributed by atoms with Gasteiger partial charge in [0.15, 0.2) is 5.65 Å². The molecule has 0 radical (unpaired) electrons. The Bertz CT molecular complexity index is 1510. The summed E-state index contributed by atoms with van der Waals surface area (Å²) in [5, 5.41) is 5.86. The molecule has 7 rings (SSSR count). The summed E-state index contributed by atoms with van der Waals surface area (Å²) >= 11 is 1.97. The van der Waals surface area contributed by atoms with Crippen LogP contribution in [0.5, 0.6) is 0 Å². The van der Waals surface area contributed by atoms with Crippen LogP contribution in [0.4, 0.5) is 0 Å². The molecule has 7 nitrogen and oxygen atoms in total. The van der Waals surface area contributed by atoms with E-state index in [2.05, 4.69) is 60.8 Å². The third-order valence-corrected chi connectivity index (χ3v) is 10.4. The molecule has 1 N–H and O–H groups in total. The molecule has 6 heterocycles. The van der Waals surface area contributed by atoms with E-state index in [1.165, 1.54) is 63.0 Å². The van der Waals surface area contributed by atoms with Crippen molar-refractivity contribution in [3.8, 4) is 11.3 Å². The number of H-pyrrole nitrogens is 1. The molecule has 2 aliphatic heterocycles. The summed E-state index contributed by atoms with van der Waals surface area (Å²) in [5.41, 5.74) is 8.66. The first kappa shape index (κ1) is 24.6. The zero-order valence-corrected chi connectivity index (χ0v) is 23.9. The van der Waals surface area contributed by atoms with Crippen LogP contribution in [-0.4, -0.2) is 68.5 Å². The number of aromatic amines is 1. The highest BCUT2D eigenvalue weighted by Gasteiger charge is 2.43. The summed E-state index contributed by atoms with van der Waals surface area (Å²) < 4.78 is 1.90. The molecule has 37 heavy (non-hydrogen) atoms. The molecule has 1 saturated carbocycles. The van der Waals surface area contributed by atoms with Gasteiger partial charge in [0.1, 0.15) is 11.2 Å². The number of carbonyl (C=O) groups is 1. The minimum atomic E-state index is 0.216. The molecule has 0 spiro atoms. The van der Waals surface area contributed by atoms with Crippen LogP contribution in [0.1, 0.15) is 72.1 Å². The van der Waals surface area contributed by atoms with Crippen molar-refractivity contribution in [3.05, 3.63) is 39.7 Å². The van der Waals surface area contributed by atoms with Crippen LogP contribution in [0.3, 0.4) is 0 Å². The average molecular weight is 519 g/mol. The van der Waals surface area contributed by atoms with E-state index in [9.17, 15) is 4.79 Å². The van der Waals surface area contributed by atoms with Crippen LogP contribution in [0, 0.1) is 26.7 Å². The summed E-state index contributed by atoms with van der Waals surface area (Å²) in [7, 11) is 3.72. The number of pyridine rings is 1. The SMILES string of the molecule is Cc1c(-c2[nH]c3sc([C@H]4C[C@@H]5CC[C@H]4CN5CC(=O)N(C)C)c(C)c3c2C(C)C)cn2ncnc2c1C. The van der Waals surface area contributed by atoms with Crippen molar-refractivity contribution in [2.24, 2.45) is 5.92 Å². The Morgan fingerprint density at radius 3 is 2.65 bits per heavy atom. The molecule has 2 saturated heterocycles. The van der Waals surface area contributed by atoms with E-state index in [1.54, 1.807) is 16.1 Å². The van der Waals surface area contributed by atoms with Gasteiger partial charge in [0.05, 0.1) is 12.2 Å². The van der Waals surface area contributed by atoms with E-state index in [0.717, 1.165) is 12.2 Å². The maximum atomic E-state index is 12.4. The summed E-state index contributed by atoms with van der Waals surface area (Å²) in [6.45, 7) is 12.9. The Morgan fingerprint density at radius 1 is 1.19 bits per heavy atom. The third-order valence-electron chi connectivity index (χ3n) is 9.06. The molecule has 4 aromatic rings. The lowest BCUT2D eigenvalue weighted by Gasteiger charge is -2.49. The van der Waals surface area contributed by atoms with Gasteiger partial charge in [-0.2, -0.15) is 5.10 Å². The zero-order chi connectivity index (χ0) is 26.2. The number of thiophene rings is 1. The van der Waals surface area contributed by atoms with Gasteiger partial charge in [-0.25, -0.2) is 9.50 Å². The number of likely N-dealkylation sites (N-methyl/N-ethyl adjacent to an activating group) is 1. The van der Waals surface area contributed by atoms with Gasteiger partial charge in [0.25, 0.3) is 0 Å². The Balaban J connectivity index is 1.39. The van der Waals surface area contributed by atoms with Crippen molar-refractivity contribution in [1.29, 1.82) is 0 Å². The molecular weight excluding hydrogens is 480 g/mol. The van der Waals surface area contributed by atoms with Gasteiger partial charge < -0.3 is 9.88 Å². The lowest BCUT2D eigenvalue weighted by Crippen LogP contribution is -2.53. The fraction of sp³-hybridized carbons (Fsp3) is 0.552. The fourth-order valence-electron chi connectivity index (χ4n) is 6.89. The van der Waals surface area contributed by atoms with Crippen molar-refractivity contribution in [1.82, 2.24) is 29.4 Å². The minimum absolute atomic E-state index is 0.216. The second kappa shape index (κ2) is 8.95. The number of fused-ring (bicyclic) bond motifs is 5. The van der Waals surface area contributed by atoms with Crippen LogP contribution >= 0.6 is 11.3 Å². The zero-order valence-electron chi connectivity index (χ0n) is 23.1. The number of carbonyl (C=O) groups excluding carboxylic acids is 1. The Kier molecular flexibility index (Phi) is 5.95. The molecule has 8 heteroatoms. The maximum absolute atomic E-state index is 12.4. The highest BCUT2D eigenvalue weighted by molar-refractivity contribution is 7.19. The number of nitrogens with zero attached hydrogens (tertiary/aromatic N) is 5. The first-order valence-corrected chi connectivity index (χ1v) is 14.4. The van der Waals surface area contributed by atoms with E-state index in [-0.39, 0.29) is 5.91 Å². The van der Waals surface area contributed by atoms with Crippen LogP contribution < -0.4 is 0 Å². The van der Waals surface area contributed by atoms with E-state index in [1.807, 2.05) is 29.9 Å². The smallest absolute Gasteiger partial charge is 0.236 e. The van der Waals surface area contributed by atoms with Crippen LogP contribution in [0.15, 0.2) is 12.5 Å². The number of nitrogens with one attached hydrogen (secondary N) is 1. The van der Waals surface area contributed by atoms with Crippen LogP contribution in [-0.2, 0) is 4.79 Å². The number of rotatable bonds is 5. The number of piperidine rings is 2. The average Bonchev–Trinajstić information content (AvgIpc) is 3.56. The van der Waals surface area contributed by atoms with E-state index in [4.69, 9.17) is 0 Å². The predicted molar refractivity (Wildman–Crippen MR) is 151 cm³/mol. The molecular formula is C29H38N6OS. The van der Waals surface area contributed by atoms with Crippen LogP contribution in [0.25, 0.3) is 27.1 Å². The molecule has 3 aliphatic rings. The summed E-state index contributed by atoms with van der Waals surface area (Å²) in [5.74, 6) is 1.83. The highest BCUT2D eigenvalue weighted by Crippen LogP contribution is 2.51. The number of aromatic nitrogens is 4. The Hall–Kier alpha value is -2.71. The van der Waals surface area contributed by atoms with Crippen molar-refractivity contribution in [2.45, 2.75) is 71.8 Å². The predicted octanol–water partition coefficient (Wildman–Crippen LogP) is 5.64. The lowest BCUT2D eigenvalue weighted by molar-refractivity contribution is -0.132. The van der Waals surface area contributed by atoms with Gasteiger partial charge >= 0.3 is 0 Å². The fourth-order valence-corrected chi connectivity index (χ4v) is 8.32. The second-order valence-electron chi connectivity index (χ2n) is 11.7. The molecule has 196 valence electrons. The van der Waals surface area contributed by atoms with E-state index >= 15 is 0 Å². The molecule has 3 fully saturated rings. The normalized spacial score (nSPS) is 22.1. The Labute approximate surface area is 222 Å². The van der Waals surface area contributed by atoms with Crippen molar-refractivity contribution in [2.75, 3.05) is 27.2 Å². The van der Waals surface area contributed by atoms with Gasteiger partial charge in [-0.1, -0.05) is 13.8 Å².